The van der Waals surface area contributed by atoms with Gasteiger partial charge in [-0.15, -0.1) is 0 Å². The van der Waals surface area contributed by atoms with Gasteiger partial charge in [0.1, 0.15) is 5.82 Å². The number of aromatic nitrogens is 2. The van der Waals surface area contributed by atoms with E-state index < -0.39 is 0 Å². The summed E-state index contributed by atoms with van der Waals surface area (Å²) in [6.07, 6.45) is 0. The van der Waals surface area contributed by atoms with E-state index in [1.54, 1.807) is 6.07 Å². The van der Waals surface area contributed by atoms with Crippen molar-refractivity contribution in [3.05, 3.63) is 52.0 Å². The summed E-state index contributed by atoms with van der Waals surface area (Å²) in [7, 11) is 0. The van der Waals surface area contributed by atoms with Gasteiger partial charge >= 0.3 is 0 Å². The highest BCUT2D eigenvalue weighted by molar-refractivity contribution is 6.42. The third kappa shape index (κ3) is 2.53. The molecule has 3 aromatic rings. The molecule has 1 aromatic heterocycles. The van der Waals surface area contributed by atoms with Crippen LogP contribution in [0.15, 0.2) is 36.4 Å². The van der Waals surface area contributed by atoms with E-state index in [1.165, 1.54) is 0 Å². The fraction of sp³-hybridized carbons (Fsp3) is 0.188. The van der Waals surface area contributed by atoms with E-state index in [-0.39, 0.29) is 0 Å². The van der Waals surface area contributed by atoms with Crippen molar-refractivity contribution in [1.29, 1.82) is 0 Å². The minimum Gasteiger partial charge on any atom is -0.326 e. The summed E-state index contributed by atoms with van der Waals surface area (Å²) in [5.74, 6) is 0.889. The molecule has 3 nitrogen and oxygen atoms in total. The Bertz CT molecular complexity index is 809. The Morgan fingerprint density at radius 3 is 2.57 bits per heavy atom. The summed E-state index contributed by atoms with van der Waals surface area (Å²) in [6, 6.07) is 11.7. The number of imidazole rings is 1. The molecule has 2 N–H and O–H groups in total. The van der Waals surface area contributed by atoms with Gasteiger partial charge in [0.15, 0.2) is 0 Å². The second-order valence-electron chi connectivity index (χ2n) is 4.84. The van der Waals surface area contributed by atoms with Gasteiger partial charge in [0, 0.05) is 18.7 Å². The monoisotopic (exact) mass is 319 g/mol. The van der Waals surface area contributed by atoms with Crippen LogP contribution in [0.4, 0.5) is 0 Å². The average molecular weight is 320 g/mol. The average Bonchev–Trinajstić information content (AvgIpc) is 2.87. The Morgan fingerprint density at radius 1 is 1.10 bits per heavy atom. The van der Waals surface area contributed by atoms with Gasteiger partial charge in [-0.05, 0) is 42.8 Å². The van der Waals surface area contributed by atoms with Crippen LogP contribution >= 0.6 is 23.2 Å². The van der Waals surface area contributed by atoms with Crippen LogP contribution in [-0.2, 0) is 13.1 Å². The standard InChI is InChI=1S/C16H15Cl2N3/c1-2-21-15-6-3-10(9-19)7-14(15)20-16(21)11-4-5-12(17)13(18)8-11/h3-8H,2,9,19H2,1H3. The topological polar surface area (TPSA) is 43.8 Å². The second-order valence-corrected chi connectivity index (χ2v) is 5.65. The normalized spacial score (nSPS) is 11.2. The summed E-state index contributed by atoms with van der Waals surface area (Å²) in [4.78, 5) is 4.74. The molecule has 0 aliphatic rings. The van der Waals surface area contributed by atoms with Gasteiger partial charge in [0.2, 0.25) is 0 Å². The number of rotatable bonds is 3. The molecule has 0 saturated heterocycles. The highest BCUT2D eigenvalue weighted by Gasteiger charge is 2.13. The molecule has 3 rings (SSSR count). The lowest BCUT2D eigenvalue weighted by atomic mass is 10.2. The number of nitrogens with two attached hydrogens (primary N) is 1. The molecule has 0 radical (unpaired) electrons. The van der Waals surface area contributed by atoms with Gasteiger partial charge in [-0.2, -0.15) is 0 Å². The summed E-state index contributed by atoms with van der Waals surface area (Å²) in [5.41, 5.74) is 9.77. The lowest BCUT2D eigenvalue weighted by Crippen LogP contribution is -1.98. The predicted octanol–water partition coefficient (Wildman–Crippen LogP) is 4.49. The largest absolute Gasteiger partial charge is 0.326 e. The first-order valence-corrected chi connectivity index (χ1v) is 7.54. The Morgan fingerprint density at radius 2 is 1.90 bits per heavy atom. The highest BCUT2D eigenvalue weighted by atomic mass is 35.5. The van der Waals surface area contributed by atoms with Crippen molar-refractivity contribution >= 4 is 34.2 Å². The predicted molar refractivity (Wildman–Crippen MR) is 88.8 cm³/mol. The molecule has 0 saturated carbocycles. The van der Waals surface area contributed by atoms with Crippen LogP contribution in [0.3, 0.4) is 0 Å². The minimum atomic E-state index is 0.511. The van der Waals surface area contributed by atoms with Gasteiger partial charge in [0.25, 0.3) is 0 Å². The molecule has 0 atom stereocenters. The van der Waals surface area contributed by atoms with Crippen molar-refractivity contribution < 1.29 is 0 Å². The number of aryl methyl sites for hydroxylation is 1. The van der Waals surface area contributed by atoms with Crippen LogP contribution in [0.2, 0.25) is 10.0 Å². The number of nitrogens with zero attached hydrogens (tertiary/aromatic N) is 2. The van der Waals surface area contributed by atoms with Crippen molar-refractivity contribution in [2.45, 2.75) is 20.0 Å². The van der Waals surface area contributed by atoms with Crippen LogP contribution < -0.4 is 5.73 Å². The molecule has 1 heterocycles. The van der Waals surface area contributed by atoms with E-state index in [4.69, 9.17) is 33.9 Å². The molecule has 108 valence electrons. The molecule has 0 aliphatic carbocycles. The molecule has 0 bridgehead atoms. The van der Waals surface area contributed by atoms with Gasteiger partial charge in [0.05, 0.1) is 21.1 Å². The fourth-order valence-electron chi connectivity index (χ4n) is 2.48. The molecule has 2 aromatic carbocycles. The van der Waals surface area contributed by atoms with Crippen LogP contribution in [0.1, 0.15) is 12.5 Å². The smallest absolute Gasteiger partial charge is 0.141 e. The number of halogens is 2. The van der Waals surface area contributed by atoms with E-state index in [1.807, 2.05) is 24.3 Å². The Hall–Kier alpha value is -1.55. The van der Waals surface area contributed by atoms with E-state index in [0.717, 1.165) is 34.5 Å². The maximum Gasteiger partial charge on any atom is 0.141 e. The summed E-state index contributed by atoms with van der Waals surface area (Å²) < 4.78 is 2.16. The Kier molecular flexibility index (Phi) is 3.89. The lowest BCUT2D eigenvalue weighted by Gasteiger charge is -2.07. The first-order valence-electron chi connectivity index (χ1n) is 6.78. The second kappa shape index (κ2) is 5.68. The summed E-state index contributed by atoms with van der Waals surface area (Å²) >= 11 is 12.1. The maximum absolute atomic E-state index is 6.12. The van der Waals surface area contributed by atoms with E-state index in [9.17, 15) is 0 Å². The van der Waals surface area contributed by atoms with Gasteiger partial charge in [-0.25, -0.2) is 4.98 Å². The maximum atomic E-state index is 6.12. The lowest BCUT2D eigenvalue weighted by molar-refractivity contribution is 0.796. The summed E-state index contributed by atoms with van der Waals surface area (Å²) in [6.45, 7) is 3.43. The van der Waals surface area contributed by atoms with Crippen molar-refractivity contribution in [1.82, 2.24) is 9.55 Å². The fourth-order valence-corrected chi connectivity index (χ4v) is 2.78. The van der Waals surface area contributed by atoms with Crippen LogP contribution in [0.5, 0.6) is 0 Å². The van der Waals surface area contributed by atoms with Crippen molar-refractivity contribution in [2.24, 2.45) is 5.73 Å². The number of fused-ring (bicyclic) bond motifs is 1. The van der Waals surface area contributed by atoms with E-state index in [0.29, 0.717) is 16.6 Å². The molecule has 5 heteroatoms. The van der Waals surface area contributed by atoms with Crippen LogP contribution in [0.25, 0.3) is 22.4 Å². The molecule has 0 unspecified atom stereocenters. The van der Waals surface area contributed by atoms with Crippen LogP contribution in [0, 0.1) is 0 Å². The van der Waals surface area contributed by atoms with Crippen molar-refractivity contribution in [2.75, 3.05) is 0 Å². The number of hydrogen-bond acceptors (Lipinski definition) is 2. The minimum absolute atomic E-state index is 0.511. The van der Waals surface area contributed by atoms with Gasteiger partial charge in [-0.1, -0.05) is 29.3 Å². The molecular weight excluding hydrogens is 305 g/mol. The Labute approximate surface area is 133 Å². The van der Waals surface area contributed by atoms with Gasteiger partial charge in [-0.3, -0.25) is 0 Å². The third-order valence-electron chi connectivity index (χ3n) is 3.54. The van der Waals surface area contributed by atoms with E-state index >= 15 is 0 Å². The molecule has 0 fully saturated rings. The van der Waals surface area contributed by atoms with Crippen molar-refractivity contribution in [3.8, 4) is 11.4 Å². The van der Waals surface area contributed by atoms with Gasteiger partial charge < -0.3 is 10.3 Å². The molecular formula is C16H15Cl2N3. The SMILES string of the molecule is CCn1c(-c2ccc(Cl)c(Cl)c2)nc2cc(CN)ccc21. The Balaban J connectivity index is 2.23. The molecule has 0 amide bonds. The quantitative estimate of drug-likeness (QED) is 0.773. The first kappa shape index (κ1) is 14.4. The highest BCUT2D eigenvalue weighted by Crippen LogP contribution is 2.30. The number of benzene rings is 2. The zero-order valence-electron chi connectivity index (χ0n) is 11.6. The number of hydrogen-bond donors (Lipinski definition) is 1. The third-order valence-corrected chi connectivity index (χ3v) is 4.28. The first-order chi connectivity index (χ1) is 10.1. The zero-order chi connectivity index (χ0) is 15.0. The summed E-state index contributed by atoms with van der Waals surface area (Å²) in [5, 5.41) is 1.08. The molecule has 0 aliphatic heterocycles. The van der Waals surface area contributed by atoms with Crippen molar-refractivity contribution in [3.63, 3.8) is 0 Å². The van der Waals surface area contributed by atoms with E-state index in [2.05, 4.69) is 17.6 Å². The van der Waals surface area contributed by atoms with Crippen LogP contribution in [-0.4, -0.2) is 9.55 Å². The molecule has 0 spiro atoms. The molecule has 21 heavy (non-hydrogen) atoms. The zero-order valence-corrected chi connectivity index (χ0v) is 13.1.